The summed E-state index contributed by atoms with van der Waals surface area (Å²) in [6, 6.07) is 3.98. The fraction of sp³-hybridized carbons (Fsp3) is 0.429. The Kier molecular flexibility index (Phi) is 4.42. The van der Waals surface area contributed by atoms with Gasteiger partial charge in [0, 0.05) is 5.56 Å². The first kappa shape index (κ1) is 15.0. The van der Waals surface area contributed by atoms with Crippen LogP contribution >= 0.6 is 15.9 Å². The first-order valence-corrected chi connectivity index (χ1v) is 7.25. The van der Waals surface area contributed by atoms with E-state index in [1.807, 2.05) is 0 Å². The molecule has 0 aliphatic heterocycles. The zero-order valence-electron chi connectivity index (χ0n) is 10.8. The minimum absolute atomic E-state index is 0.122. The summed E-state index contributed by atoms with van der Waals surface area (Å²) in [5.74, 6) is -2.13. The molecule has 4 nitrogen and oxygen atoms in total. The maximum Gasteiger partial charge on any atom is 0.329 e. The van der Waals surface area contributed by atoms with Gasteiger partial charge in [0.1, 0.15) is 11.4 Å². The van der Waals surface area contributed by atoms with E-state index in [9.17, 15) is 19.1 Å². The Morgan fingerprint density at radius 2 is 1.90 bits per heavy atom. The van der Waals surface area contributed by atoms with Gasteiger partial charge in [-0.3, -0.25) is 4.79 Å². The first-order valence-electron chi connectivity index (χ1n) is 6.45. The third kappa shape index (κ3) is 3.00. The van der Waals surface area contributed by atoms with E-state index in [-0.39, 0.29) is 10.0 Å². The molecule has 0 atom stereocenters. The number of aliphatic carboxylic acids is 1. The lowest BCUT2D eigenvalue weighted by Crippen LogP contribution is -2.55. The largest absolute Gasteiger partial charge is 0.480 e. The van der Waals surface area contributed by atoms with E-state index in [0.717, 1.165) is 25.3 Å². The number of hydrogen-bond acceptors (Lipinski definition) is 2. The predicted molar refractivity (Wildman–Crippen MR) is 75.0 cm³/mol. The molecule has 1 aromatic rings. The van der Waals surface area contributed by atoms with E-state index >= 15 is 0 Å². The van der Waals surface area contributed by atoms with Gasteiger partial charge in [-0.15, -0.1) is 0 Å². The molecule has 1 fully saturated rings. The summed E-state index contributed by atoms with van der Waals surface area (Å²) in [5, 5.41) is 12.0. The highest BCUT2D eigenvalue weighted by Gasteiger charge is 2.41. The third-order valence-corrected chi connectivity index (χ3v) is 4.29. The van der Waals surface area contributed by atoms with Gasteiger partial charge in [-0.05, 0) is 47.0 Å². The summed E-state index contributed by atoms with van der Waals surface area (Å²) in [6.45, 7) is 0. The second-order valence-corrected chi connectivity index (χ2v) is 5.89. The van der Waals surface area contributed by atoms with E-state index in [0.29, 0.717) is 12.8 Å². The van der Waals surface area contributed by atoms with Crippen molar-refractivity contribution < 1.29 is 19.1 Å². The molecule has 2 N–H and O–H groups in total. The molecule has 0 heterocycles. The van der Waals surface area contributed by atoms with Gasteiger partial charge >= 0.3 is 5.97 Å². The highest BCUT2D eigenvalue weighted by Crippen LogP contribution is 2.29. The molecular weight excluding hydrogens is 329 g/mol. The summed E-state index contributed by atoms with van der Waals surface area (Å²) < 4.78 is 13.7. The highest BCUT2D eigenvalue weighted by atomic mass is 79.9. The zero-order valence-corrected chi connectivity index (χ0v) is 12.4. The van der Waals surface area contributed by atoms with Crippen LogP contribution in [0, 0.1) is 5.82 Å². The number of nitrogens with one attached hydrogen (secondary N) is 1. The number of carboxylic acid groups (broad SMARTS) is 1. The summed E-state index contributed by atoms with van der Waals surface area (Å²) in [7, 11) is 0. The van der Waals surface area contributed by atoms with E-state index < -0.39 is 23.2 Å². The van der Waals surface area contributed by atoms with Crippen molar-refractivity contribution in [3.63, 3.8) is 0 Å². The number of benzene rings is 1. The maximum atomic E-state index is 13.4. The predicted octanol–water partition coefficient (Wildman–Crippen LogP) is 3.11. The number of amides is 1. The van der Waals surface area contributed by atoms with Crippen LogP contribution in [-0.4, -0.2) is 22.5 Å². The smallest absolute Gasteiger partial charge is 0.329 e. The van der Waals surface area contributed by atoms with Gasteiger partial charge in [-0.2, -0.15) is 0 Å². The Balaban J connectivity index is 2.20. The van der Waals surface area contributed by atoms with Crippen molar-refractivity contribution in [1.82, 2.24) is 5.32 Å². The fourth-order valence-electron chi connectivity index (χ4n) is 2.47. The normalized spacial score (nSPS) is 17.5. The van der Waals surface area contributed by atoms with Crippen LogP contribution in [0.5, 0.6) is 0 Å². The lowest BCUT2D eigenvalue weighted by Gasteiger charge is -2.34. The Morgan fingerprint density at radius 1 is 1.25 bits per heavy atom. The molecule has 1 aliphatic carbocycles. The van der Waals surface area contributed by atoms with Crippen molar-refractivity contribution in [3.8, 4) is 0 Å². The van der Waals surface area contributed by atoms with Gasteiger partial charge < -0.3 is 10.4 Å². The SMILES string of the molecule is O=C(NC1(C(=O)O)CCCCC1)c1ccc(Br)c(F)c1. The molecule has 0 aromatic heterocycles. The summed E-state index contributed by atoms with van der Waals surface area (Å²) in [5.41, 5.74) is -1.10. The first-order chi connectivity index (χ1) is 9.44. The Bertz CT molecular complexity index is 541. The maximum absolute atomic E-state index is 13.4. The summed E-state index contributed by atoms with van der Waals surface area (Å²) in [4.78, 5) is 23.6. The highest BCUT2D eigenvalue weighted by molar-refractivity contribution is 9.10. The number of halogens is 2. The minimum Gasteiger partial charge on any atom is -0.480 e. The van der Waals surface area contributed by atoms with Gasteiger partial charge in [0.15, 0.2) is 0 Å². The van der Waals surface area contributed by atoms with Crippen LogP contribution in [-0.2, 0) is 4.79 Å². The topological polar surface area (TPSA) is 66.4 Å². The van der Waals surface area contributed by atoms with E-state index in [2.05, 4.69) is 21.2 Å². The molecule has 0 radical (unpaired) electrons. The van der Waals surface area contributed by atoms with Crippen molar-refractivity contribution in [2.24, 2.45) is 0 Å². The van der Waals surface area contributed by atoms with Crippen molar-refractivity contribution >= 4 is 27.8 Å². The monoisotopic (exact) mass is 343 g/mol. The van der Waals surface area contributed by atoms with Gasteiger partial charge in [0.25, 0.3) is 5.91 Å². The number of hydrogen-bond donors (Lipinski definition) is 2. The van der Waals surface area contributed by atoms with E-state index in [1.165, 1.54) is 12.1 Å². The van der Waals surface area contributed by atoms with Crippen molar-refractivity contribution in [1.29, 1.82) is 0 Å². The Hall–Kier alpha value is -1.43. The molecule has 0 saturated heterocycles. The van der Waals surface area contributed by atoms with Crippen LogP contribution in [0.2, 0.25) is 0 Å². The van der Waals surface area contributed by atoms with E-state index in [4.69, 9.17) is 0 Å². The molecule has 1 aromatic carbocycles. The molecule has 1 aliphatic rings. The molecule has 0 spiro atoms. The lowest BCUT2D eigenvalue weighted by molar-refractivity contribution is -0.145. The molecule has 1 amide bonds. The van der Waals surface area contributed by atoms with E-state index in [1.54, 1.807) is 0 Å². The molecule has 108 valence electrons. The second-order valence-electron chi connectivity index (χ2n) is 5.03. The fourth-order valence-corrected chi connectivity index (χ4v) is 2.72. The van der Waals surface area contributed by atoms with Crippen LogP contribution < -0.4 is 5.32 Å². The Labute approximate surface area is 124 Å². The third-order valence-electron chi connectivity index (χ3n) is 3.65. The molecule has 1 saturated carbocycles. The van der Waals surface area contributed by atoms with Crippen molar-refractivity contribution in [3.05, 3.63) is 34.1 Å². The lowest BCUT2D eigenvalue weighted by atomic mass is 9.81. The Morgan fingerprint density at radius 3 is 2.45 bits per heavy atom. The molecule has 2 rings (SSSR count). The van der Waals surface area contributed by atoms with Crippen molar-refractivity contribution in [2.45, 2.75) is 37.6 Å². The zero-order chi connectivity index (χ0) is 14.8. The average Bonchev–Trinajstić information content (AvgIpc) is 2.42. The molecular formula is C14H15BrFNO3. The second kappa shape index (κ2) is 5.91. The minimum atomic E-state index is -1.22. The van der Waals surface area contributed by atoms with Crippen LogP contribution in [0.3, 0.4) is 0 Å². The van der Waals surface area contributed by atoms with Crippen LogP contribution in [0.1, 0.15) is 42.5 Å². The number of carbonyl (C=O) groups excluding carboxylic acids is 1. The van der Waals surface area contributed by atoms with Crippen LogP contribution in [0.4, 0.5) is 4.39 Å². The number of rotatable bonds is 3. The average molecular weight is 344 g/mol. The number of carboxylic acids is 1. The molecule has 0 bridgehead atoms. The number of carbonyl (C=O) groups is 2. The molecule has 20 heavy (non-hydrogen) atoms. The quantitative estimate of drug-likeness (QED) is 0.886. The van der Waals surface area contributed by atoms with Crippen LogP contribution in [0.25, 0.3) is 0 Å². The van der Waals surface area contributed by atoms with Gasteiger partial charge in [-0.1, -0.05) is 19.3 Å². The molecule has 0 unspecified atom stereocenters. The van der Waals surface area contributed by atoms with Gasteiger partial charge in [0.05, 0.1) is 4.47 Å². The van der Waals surface area contributed by atoms with Gasteiger partial charge in [-0.25, -0.2) is 9.18 Å². The van der Waals surface area contributed by atoms with Crippen molar-refractivity contribution in [2.75, 3.05) is 0 Å². The molecule has 6 heteroatoms. The summed E-state index contributed by atoms with van der Waals surface area (Å²) in [6.07, 6.45) is 3.32. The standard InChI is InChI=1S/C14H15BrFNO3/c15-10-5-4-9(8-11(10)16)12(18)17-14(13(19)20)6-2-1-3-7-14/h4-5,8H,1-3,6-7H2,(H,17,18)(H,19,20). The summed E-state index contributed by atoms with van der Waals surface area (Å²) >= 11 is 3.01. The van der Waals surface area contributed by atoms with Gasteiger partial charge in [0.2, 0.25) is 0 Å². The van der Waals surface area contributed by atoms with Crippen LogP contribution in [0.15, 0.2) is 22.7 Å².